The van der Waals surface area contributed by atoms with Gasteiger partial charge in [0.15, 0.2) is 11.5 Å². The maximum Gasteiger partial charge on any atom is 0.300 e. The molecule has 3 aromatic carbocycles. The van der Waals surface area contributed by atoms with Gasteiger partial charge in [0.25, 0.3) is 11.7 Å². The summed E-state index contributed by atoms with van der Waals surface area (Å²) in [5, 5.41) is 11.5. The lowest BCUT2D eigenvalue weighted by Gasteiger charge is -2.26. The van der Waals surface area contributed by atoms with Gasteiger partial charge in [-0.05, 0) is 72.6 Å². The second-order valence-electron chi connectivity index (χ2n) is 9.06. The maximum atomic E-state index is 13.7. The average molecular weight is 520 g/mol. The number of nitrogens with zero attached hydrogens (tertiary/aromatic N) is 1. The van der Waals surface area contributed by atoms with Crippen molar-refractivity contribution >= 4 is 23.1 Å². The number of fused-ring (bicyclic) bond motifs is 1. The van der Waals surface area contributed by atoms with Crippen molar-refractivity contribution in [2.75, 3.05) is 26.2 Å². The number of carbonyl (C=O) groups excluding carboxylic acids is 2. The van der Waals surface area contributed by atoms with E-state index in [9.17, 15) is 19.1 Å². The number of benzene rings is 3. The highest BCUT2D eigenvalue weighted by Crippen LogP contribution is 2.47. The molecule has 2 atom stereocenters. The van der Waals surface area contributed by atoms with E-state index in [0.717, 1.165) is 5.56 Å². The molecule has 1 amide bonds. The molecule has 8 nitrogen and oxygen atoms in total. The Labute approximate surface area is 218 Å². The summed E-state index contributed by atoms with van der Waals surface area (Å²) in [4.78, 5) is 28.1. The van der Waals surface area contributed by atoms with Gasteiger partial charge in [0.05, 0.1) is 32.9 Å². The van der Waals surface area contributed by atoms with Gasteiger partial charge in [0, 0.05) is 17.7 Å². The molecule has 5 rings (SSSR count). The minimum atomic E-state index is -1.07. The van der Waals surface area contributed by atoms with E-state index in [-0.39, 0.29) is 23.1 Å². The van der Waals surface area contributed by atoms with Crippen LogP contribution in [0.25, 0.3) is 5.76 Å². The van der Waals surface area contributed by atoms with Crippen LogP contribution in [0.3, 0.4) is 0 Å². The maximum absolute atomic E-state index is 13.7. The Morgan fingerprint density at radius 3 is 2.24 bits per heavy atom. The van der Waals surface area contributed by atoms with Gasteiger partial charge in [-0.25, -0.2) is 4.39 Å². The largest absolute Gasteiger partial charge is 0.507 e. The van der Waals surface area contributed by atoms with Crippen LogP contribution in [0.5, 0.6) is 23.0 Å². The van der Waals surface area contributed by atoms with Crippen molar-refractivity contribution in [3.05, 3.63) is 82.7 Å². The van der Waals surface area contributed by atoms with Crippen molar-refractivity contribution in [3.8, 4) is 23.0 Å². The van der Waals surface area contributed by atoms with Crippen molar-refractivity contribution < 1.29 is 38.0 Å². The summed E-state index contributed by atoms with van der Waals surface area (Å²) in [6.45, 7) is 1.94. The summed E-state index contributed by atoms with van der Waals surface area (Å²) in [6, 6.07) is 12.5. The van der Waals surface area contributed by atoms with Gasteiger partial charge >= 0.3 is 0 Å². The van der Waals surface area contributed by atoms with Crippen molar-refractivity contribution in [2.24, 2.45) is 0 Å². The molecule has 38 heavy (non-hydrogen) atoms. The number of carbonyl (C=O) groups is 2. The van der Waals surface area contributed by atoms with Crippen molar-refractivity contribution in [2.45, 2.75) is 25.5 Å². The normalized spacial score (nSPS) is 19.8. The first-order chi connectivity index (χ1) is 18.3. The van der Waals surface area contributed by atoms with Gasteiger partial charge in [0.2, 0.25) is 5.75 Å². The zero-order valence-electron chi connectivity index (χ0n) is 21.3. The predicted molar refractivity (Wildman–Crippen MR) is 138 cm³/mol. The Morgan fingerprint density at radius 1 is 0.974 bits per heavy atom. The zero-order valence-corrected chi connectivity index (χ0v) is 21.3. The summed E-state index contributed by atoms with van der Waals surface area (Å²) < 4.78 is 35.9. The molecule has 0 radical (unpaired) electrons. The van der Waals surface area contributed by atoms with E-state index < -0.39 is 23.5 Å². The smallest absolute Gasteiger partial charge is 0.300 e. The lowest BCUT2D eigenvalue weighted by Crippen LogP contribution is -2.29. The Morgan fingerprint density at radius 2 is 1.63 bits per heavy atom. The molecular formula is C29H26FNO7. The minimum absolute atomic E-state index is 0.00863. The van der Waals surface area contributed by atoms with Crippen LogP contribution in [0, 0.1) is 5.82 Å². The number of ether oxygens (including phenoxy) is 4. The zero-order chi connectivity index (χ0) is 27.1. The van der Waals surface area contributed by atoms with Crippen LogP contribution in [-0.4, -0.2) is 44.2 Å². The SMILES string of the molecule is COc1cc(C2/C(=C(\O)c3ccc4c(c3)CC(C)O4)C(=O)C(=O)N2c2ccc(F)cc2)cc(OC)c1OC. The van der Waals surface area contributed by atoms with Crippen LogP contribution in [-0.2, 0) is 16.0 Å². The summed E-state index contributed by atoms with van der Waals surface area (Å²) >= 11 is 0. The Bertz CT molecular complexity index is 1440. The van der Waals surface area contributed by atoms with Crippen LogP contribution in [0.1, 0.15) is 29.7 Å². The van der Waals surface area contributed by atoms with Gasteiger partial charge in [-0.2, -0.15) is 0 Å². The lowest BCUT2D eigenvalue weighted by atomic mass is 9.93. The fourth-order valence-electron chi connectivity index (χ4n) is 5.00. The number of aliphatic hydroxyl groups excluding tert-OH is 1. The number of amides is 1. The van der Waals surface area contributed by atoms with Gasteiger partial charge < -0.3 is 24.1 Å². The van der Waals surface area contributed by atoms with E-state index in [2.05, 4.69) is 0 Å². The molecule has 0 bridgehead atoms. The Balaban J connectivity index is 1.74. The molecule has 0 aromatic heterocycles. The van der Waals surface area contributed by atoms with Crippen LogP contribution in [0.15, 0.2) is 60.2 Å². The molecule has 0 aliphatic carbocycles. The van der Waals surface area contributed by atoms with Crippen molar-refractivity contribution in [3.63, 3.8) is 0 Å². The molecule has 1 saturated heterocycles. The number of Topliss-reactive ketones (excluding diaryl/α,β-unsaturated/α-hetero) is 1. The van der Waals surface area contributed by atoms with Crippen LogP contribution >= 0.6 is 0 Å². The van der Waals surface area contributed by atoms with E-state index in [1.807, 2.05) is 6.92 Å². The molecule has 3 aromatic rings. The standard InChI is InChI=1S/C29H26FNO7/c1-15-11-17-12-16(5-10-21(17)38-15)26(32)24-25(18-13-22(35-2)28(37-4)23(14-18)36-3)31(29(34)27(24)33)20-8-6-19(30)7-9-20/h5-10,12-15,25,32H,11H2,1-4H3/b26-24+. The van der Waals surface area contributed by atoms with Crippen LogP contribution in [0.2, 0.25) is 0 Å². The number of anilines is 1. The highest BCUT2D eigenvalue weighted by atomic mass is 19.1. The van der Waals surface area contributed by atoms with Gasteiger partial charge in [0.1, 0.15) is 23.4 Å². The molecule has 9 heteroatoms. The molecule has 0 saturated carbocycles. The third-order valence-corrected chi connectivity index (χ3v) is 6.72. The van der Waals surface area contributed by atoms with E-state index in [1.165, 1.54) is 50.5 Å². The number of hydrogen-bond donors (Lipinski definition) is 1. The lowest BCUT2D eigenvalue weighted by molar-refractivity contribution is -0.132. The molecule has 2 heterocycles. The first-order valence-electron chi connectivity index (χ1n) is 11.9. The van der Waals surface area contributed by atoms with E-state index in [0.29, 0.717) is 40.5 Å². The molecule has 2 unspecified atom stereocenters. The van der Waals surface area contributed by atoms with Crippen molar-refractivity contribution in [1.82, 2.24) is 0 Å². The summed E-state index contributed by atoms with van der Waals surface area (Å²) in [5.74, 6) is -0.943. The fourth-order valence-corrected chi connectivity index (χ4v) is 5.00. The Hall–Kier alpha value is -4.53. The molecule has 1 N–H and O–H groups in total. The molecule has 2 aliphatic heterocycles. The van der Waals surface area contributed by atoms with E-state index >= 15 is 0 Å². The first kappa shape index (κ1) is 25.1. The van der Waals surface area contributed by atoms with Crippen LogP contribution in [0.4, 0.5) is 10.1 Å². The molecular weight excluding hydrogens is 493 g/mol. The predicted octanol–water partition coefficient (Wildman–Crippen LogP) is 4.80. The summed E-state index contributed by atoms with van der Waals surface area (Å²) in [6.07, 6.45) is 0.641. The quantitative estimate of drug-likeness (QED) is 0.284. The second kappa shape index (κ2) is 9.74. The number of methoxy groups -OCH3 is 3. The monoisotopic (exact) mass is 519 g/mol. The topological polar surface area (TPSA) is 94.5 Å². The van der Waals surface area contributed by atoms with Gasteiger partial charge in [-0.3, -0.25) is 14.5 Å². The Kier molecular flexibility index (Phi) is 6.44. The number of hydrogen-bond acceptors (Lipinski definition) is 7. The molecule has 2 aliphatic rings. The highest BCUT2D eigenvalue weighted by Gasteiger charge is 2.47. The first-order valence-corrected chi connectivity index (χ1v) is 11.9. The van der Waals surface area contributed by atoms with Crippen LogP contribution < -0.4 is 23.8 Å². The number of halogens is 1. The summed E-state index contributed by atoms with van der Waals surface area (Å²) in [5.41, 5.74) is 1.83. The number of rotatable bonds is 6. The van der Waals surface area contributed by atoms with Gasteiger partial charge in [-0.1, -0.05) is 0 Å². The second-order valence-corrected chi connectivity index (χ2v) is 9.06. The van der Waals surface area contributed by atoms with Gasteiger partial charge in [-0.15, -0.1) is 0 Å². The van der Waals surface area contributed by atoms with E-state index in [4.69, 9.17) is 18.9 Å². The average Bonchev–Trinajstić information content (AvgIpc) is 3.43. The minimum Gasteiger partial charge on any atom is -0.507 e. The molecule has 0 spiro atoms. The molecule has 196 valence electrons. The highest BCUT2D eigenvalue weighted by molar-refractivity contribution is 6.51. The number of aliphatic hydroxyl groups is 1. The van der Waals surface area contributed by atoms with Crippen molar-refractivity contribution in [1.29, 1.82) is 0 Å². The third-order valence-electron chi connectivity index (χ3n) is 6.72. The fraction of sp³-hybridized carbons (Fsp3) is 0.241. The summed E-state index contributed by atoms with van der Waals surface area (Å²) in [7, 11) is 4.36. The third kappa shape index (κ3) is 4.09. The number of ketones is 1. The van der Waals surface area contributed by atoms with E-state index in [1.54, 1.807) is 30.3 Å². The molecule has 1 fully saturated rings.